The van der Waals surface area contributed by atoms with Crippen molar-refractivity contribution in [2.45, 2.75) is 38.1 Å². The van der Waals surface area contributed by atoms with Gasteiger partial charge in [-0.25, -0.2) is 9.97 Å². The van der Waals surface area contributed by atoms with Crippen LogP contribution in [0, 0.1) is 0 Å². The van der Waals surface area contributed by atoms with Gasteiger partial charge in [0.15, 0.2) is 5.82 Å². The Morgan fingerprint density at radius 3 is 2.58 bits per heavy atom. The molecule has 1 aliphatic carbocycles. The Labute approximate surface area is 182 Å². The van der Waals surface area contributed by atoms with Crippen molar-refractivity contribution < 1.29 is 9.53 Å². The van der Waals surface area contributed by atoms with Gasteiger partial charge in [-0.2, -0.15) is 0 Å². The summed E-state index contributed by atoms with van der Waals surface area (Å²) in [6.45, 7) is 1.94. The molecule has 158 valence electrons. The lowest BCUT2D eigenvalue weighted by Crippen LogP contribution is -2.30. The SMILES string of the molecule is O=C(N[C@@H]1CCc2ccccc21)c1ccc(Oc2nccnc2N2CCCCC2)cc1. The molecular formula is C25H26N4O2. The van der Waals surface area contributed by atoms with E-state index in [0.717, 1.165) is 44.6 Å². The summed E-state index contributed by atoms with van der Waals surface area (Å²) in [7, 11) is 0. The summed E-state index contributed by atoms with van der Waals surface area (Å²) >= 11 is 0. The maximum absolute atomic E-state index is 12.8. The predicted octanol–water partition coefficient (Wildman–Crippen LogP) is 4.68. The molecule has 6 heteroatoms. The van der Waals surface area contributed by atoms with Crippen molar-refractivity contribution in [3.63, 3.8) is 0 Å². The summed E-state index contributed by atoms with van der Waals surface area (Å²) in [5.41, 5.74) is 3.17. The van der Waals surface area contributed by atoms with E-state index in [1.165, 1.54) is 17.5 Å². The summed E-state index contributed by atoms with van der Waals surface area (Å²) in [5, 5.41) is 3.16. The van der Waals surface area contributed by atoms with E-state index < -0.39 is 0 Å². The second-order valence-corrected chi connectivity index (χ2v) is 8.12. The van der Waals surface area contributed by atoms with Crippen LogP contribution in [0.25, 0.3) is 0 Å². The second-order valence-electron chi connectivity index (χ2n) is 8.12. The minimum Gasteiger partial charge on any atom is -0.436 e. The molecule has 31 heavy (non-hydrogen) atoms. The number of fused-ring (bicyclic) bond motifs is 1. The number of anilines is 1. The molecule has 1 aromatic heterocycles. The molecule has 3 aromatic rings. The van der Waals surface area contributed by atoms with Crippen molar-refractivity contribution in [1.29, 1.82) is 0 Å². The fourth-order valence-corrected chi connectivity index (χ4v) is 4.45. The van der Waals surface area contributed by atoms with Crippen LogP contribution in [0.3, 0.4) is 0 Å². The van der Waals surface area contributed by atoms with Crippen molar-refractivity contribution in [3.8, 4) is 11.6 Å². The average Bonchev–Trinajstić information content (AvgIpc) is 3.23. The Bertz CT molecular complexity index is 1060. The first kappa shape index (κ1) is 19.5. The Morgan fingerprint density at radius 2 is 1.74 bits per heavy atom. The van der Waals surface area contributed by atoms with E-state index in [0.29, 0.717) is 17.2 Å². The van der Waals surface area contributed by atoms with Crippen LogP contribution in [0.5, 0.6) is 11.6 Å². The van der Waals surface area contributed by atoms with E-state index in [2.05, 4.69) is 38.4 Å². The lowest BCUT2D eigenvalue weighted by atomic mass is 10.1. The number of piperidine rings is 1. The molecule has 2 aliphatic rings. The maximum atomic E-state index is 12.8. The van der Waals surface area contributed by atoms with Gasteiger partial charge >= 0.3 is 0 Å². The van der Waals surface area contributed by atoms with Gasteiger partial charge in [0, 0.05) is 31.0 Å². The number of hydrogen-bond donors (Lipinski definition) is 1. The summed E-state index contributed by atoms with van der Waals surface area (Å²) in [5.74, 6) is 1.86. The first-order valence-corrected chi connectivity index (χ1v) is 11.0. The van der Waals surface area contributed by atoms with Gasteiger partial charge in [0.2, 0.25) is 0 Å². The molecule has 0 unspecified atom stereocenters. The molecule has 1 atom stereocenters. The van der Waals surface area contributed by atoms with Crippen molar-refractivity contribution >= 4 is 11.7 Å². The Balaban J connectivity index is 1.26. The van der Waals surface area contributed by atoms with Crippen molar-refractivity contribution in [1.82, 2.24) is 15.3 Å². The number of amides is 1. The number of aromatic nitrogens is 2. The minimum atomic E-state index is -0.0678. The number of nitrogens with zero attached hydrogens (tertiary/aromatic N) is 3. The third kappa shape index (κ3) is 4.24. The van der Waals surface area contributed by atoms with E-state index in [1.54, 1.807) is 24.5 Å². The smallest absolute Gasteiger partial charge is 0.263 e. The zero-order valence-corrected chi connectivity index (χ0v) is 17.5. The lowest BCUT2D eigenvalue weighted by Gasteiger charge is -2.28. The maximum Gasteiger partial charge on any atom is 0.263 e. The fraction of sp³-hybridized carbons (Fsp3) is 0.320. The Morgan fingerprint density at radius 1 is 0.968 bits per heavy atom. The molecule has 1 fully saturated rings. The molecule has 0 spiro atoms. The van der Waals surface area contributed by atoms with E-state index in [4.69, 9.17) is 4.74 Å². The monoisotopic (exact) mass is 414 g/mol. The number of rotatable bonds is 5. The van der Waals surface area contributed by atoms with Crippen molar-refractivity contribution in [3.05, 3.63) is 77.6 Å². The van der Waals surface area contributed by atoms with E-state index in [1.807, 2.05) is 18.2 Å². The number of carbonyl (C=O) groups excluding carboxylic acids is 1. The first-order valence-electron chi connectivity index (χ1n) is 11.0. The molecule has 0 bridgehead atoms. The molecule has 2 heterocycles. The number of carbonyl (C=O) groups is 1. The zero-order valence-electron chi connectivity index (χ0n) is 17.5. The molecule has 1 amide bonds. The van der Waals surface area contributed by atoms with Gasteiger partial charge < -0.3 is 15.0 Å². The fourth-order valence-electron chi connectivity index (χ4n) is 4.45. The summed E-state index contributed by atoms with van der Waals surface area (Å²) in [6.07, 6.45) is 8.86. The highest BCUT2D eigenvalue weighted by Gasteiger charge is 2.24. The quantitative estimate of drug-likeness (QED) is 0.657. The van der Waals surface area contributed by atoms with Crippen LogP contribution in [0.15, 0.2) is 60.9 Å². The largest absolute Gasteiger partial charge is 0.436 e. The molecule has 1 N–H and O–H groups in total. The number of hydrogen-bond acceptors (Lipinski definition) is 5. The second kappa shape index (κ2) is 8.76. The standard InChI is InChI=1S/C25H26N4O2/c30-24(28-22-13-10-18-6-2-3-7-21(18)22)19-8-11-20(12-9-19)31-25-23(26-14-15-27-25)29-16-4-1-5-17-29/h2-3,6-9,11-12,14-15,22H,1,4-5,10,13,16-17H2,(H,28,30)/t22-/m1/s1. The van der Waals surface area contributed by atoms with Crippen LogP contribution in [-0.4, -0.2) is 29.0 Å². The molecule has 0 saturated carbocycles. The van der Waals surface area contributed by atoms with Crippen molar-refractivity contribution in [2.75, 3.05) is 18.0 Å². The summed E-state index contributed by atoms with van der Waals surface area (Å²) in [4.78, 5) is 23.9. The van der Waals surface area contributed by atoms with E-state index >= 15 is 0 Å². The third-order valence-electron chi connectivity index (χ3n) is 6.07. The number of nitrogens with one attached hydrogen (secondary N) is 1. The lowest BCUT2D eigenvalue weighted by molar-refractivity contribution is 0.0936. The molecular weight excluding hydrogens is 388 g/mol. The van der Waals surface area contributed by atoms with Gasteiger partial charge in [0.1, 0.15) is 5.75 Å². The van der Waals surface area contributed by atoms with Crippen LogP contribution in [0.4, 0.5) is 5.82 Å². The van der Waals surface area contributed by atoms with Crippen LogP contribution >= 0.6 is 0 Å². The van der Waals surface area contributed by atoms with Gasteiger partial charge in [-0.15, -0.1) is 0 Å². The zero-order chi connectivity index (χ0) is 21.0. The Kier molecular flexibility index (Phi) is 5.52. The van der Waals surface area contributed by atoms with Gasteiger partial charge in [-0.1, -0.05) is 24.3 Å². The highest BCUT2D eigenvalue weighted by Crippen LogP contribution is 2.32. The molecule has 1 saturated heterocycles. The van der Waals surface area contributed by atoms with Crippen LogP contribution in [-0.2, 0) is 6.42 Å². The van der Waals surface area contributed by atoms with Crippen LogP contribution in [0.1, 0.15) is 53.2 Å². The van der Waals surface area contributed by atoms with Gasteiger partial charge in [0.05, 0.1) is 6.04 Å². The van der Waals surface area contributed by atoms with Gasteiger partial charge in [0.25, 0.3) is 11.8 Å². The minimum absolute atomic E-state index is 0.0678. The molecule has 1 aliphatic heterocycles. The number of aryl methyl sites for hydroxylation is 1. The summed E-state index contributed by atoms with van der Waals surface area (Å²) < 4.78 is 6.03. The number of benzene rings is 2. The molecule has 5 rings (SSSR count). The molecule has 2 aromatic carbocycles. The third-order valence-corrected chi connectivity index (χ3v) is 6.07. The predicted molar refractivity (Wildman–Crippen MR) is 120 cm³/mol. The normalized spacial score (nSPS) is 17.8. The summed E-state index contributed by atoms with van der Waals surface area (Å²) in [6, 6.07) is 15.6. The highest BCUT2D eigenvalue weighted by molar-refractivity contribution is 5.94. The highest BCUT2D eigenvalue weighted by atomic mass is 16.5. The van der Waals surface area contributed by atoms with Crippen LogP contribution in [0.2, 0.25) is 0 Å². The first-order chi connectivity index (χ1) is 15.3. The van der Waals surface area contributed by atoms with Crippen molar-refractivity contribution in [2.24, 2.45) is 0 Å². The van der Waals surface area contributed by atoms with Gasteiger partial charge in [-0.3, -0.25) is 4.79 Å². The molecule has 6 nitrogen and oxygen atoms in total. The van der Waals surface area contributed by atoms with Crippen LogP contribution < -0.4 is 15.0 Å². The van der Waals surface area contributed by atoms with E-state index in [9.17, 15) is 4.79 Å². The van der Waals surface area contributed by atoms with E-state index in [-0.39, 0.29) is 11.9 Å². The average molecular weight is 415 g/mol. The van der Waals surface area contributed by atoms with Gasteiger partial charge in [-0.05, 0) is 67.5 Å². The Hall–Kier alpha value is -3.41. The molecule has 0 radical (unpaired) electrons. The number of ether oxygens (including phenoxy) is 1. The topological polar surface area (TPSA) is 67.3 Å².